The summed E-state index contributed by atoms with van der Waals surface area (Å²) in [5.41, 5.74) is 4.09. The van der Waals surface area contributed by atoms with Gasteiger partial charge in [0.2, 0.25) is 0 Å². The zero-order valence-electron chi connectivity index (χ0n) is 13.4. The van der Waals surface area contributed by atoms with E-state index < -0.39 is 0 Å². The second-order valence-electron chi connectivity index (χ2n) is 7.48. The van der Waals surface area contributed by atoms with E-state index in [9.17, 15) is 0 Å². The third-order valence-electron chi connectivity index (χ3n) is 3.57. The molecule has 0 aliphatic heterocycles. The Balaban J connectivity index is 3.39. The molecule has 0 fully saturated rings. The van der Waals surface area contributed by atoms with Gasteiger partial charge in [0.15, 0.2) is 0 Å². The van der Waals surface area contributed by atoms with Gasteiger partial charge in [0.1, 0.15) is 0 Å². The highest BCUT2D eigenvalue weighted by molar-refractivity contribution is 5.30. The van der Waals surface area contributed by atoms with Crippen LogP contribution in [-0.2, 0) is 10.8 Å². The fourth-order valence-corrected chi connectivity index (χ4v) is 1.84. The van der Waals surface area contributed by atoms with Crippen LogP contribution in [0.4, 0.5) is 0 Å². The standard InChI is InChI=1S/C17H29N/c1-9-12(2)13-10-14(16(3,4)5)18-15(11-13)17(6,7)8/h10-12H,9H2,1-8H3. The zero-order valence-corrected chi connectivity index (χ0v) is 13.4. The average molecular weight is 247 g/mol. The van der Waals surface area contributed by atoms with Crippen molar-refractivity contribution in [2.24, 2.45) is 0 Å². The predicted molar refractivity (Wildman–Crippen MR) is 80.3 cm³/mol. The normalized spacial score (nSPS) is 14.7. The first-order valence-electron chi connectivity index (χ1n) is 7.08. The maximum Gasteiger partial charge on any atom is 0.0463 e. The van der Waals surface area contributed by atoms with E-state index >= 15 is 0 Å². The summed E-state index contributed by atoms with van der Waals surface area (Å²) in [7, 11) is 0. The van der Waals surface area contributed by atoms with Crippen LogP contribution in [0.1, 0.15) is 84.7 Å². The van der Waals surface area contributed by atoms with Crippen LogP contribution in [0.2, 0.25) is 0 Å². The second-order valence-corrected chi connectivity index (χ2v) is 7.48. The van der Waals surface area contributed by atoms with Gasteiger partial charge in [-0.3, -0.25) is 4.98 Å². The highest BCUT2D eigenvalue weighted by Crippen LogP contribution is 2.30. The summed E-state index contributed by atoms with van der Waals surface area (Å²) >= 11 is 0. The molecule has 1 rings (SSSR count). The Morgan fingerprint density at radius 1 is 0.944 bits per heavy atom. The molecule has 1 nitrogen and oxygen atoms in total. The van der Waals surface area contributed by atoms with Gasteiger partial charge in [-0.1, -0.05) is 55.4 Å². The smallest absolute Gasteiger partial charge is 0.0463 e. The van der Waals surface area contributed by atoms with E-state index in [1.54, 1.807) is 0 Å². The molecule has 0 spiro atoms. The molecule has 1 heteroatoms. The van der Waals surface area contributed by atoms with Gasteiger partial charge in [0, 0.05) is 22.2 Å². The first-order chi connectivity index (χ1) is 8.05. The molecular formula is C17H29N. The minimum Gasteiger partial charge on any atom is -0.257 e. The van der Waals surface area contributed by atoms with Crippen LogP contribution in [0.5, 0.6) is 0 Å². The highest BCUT2D eigenvalue weighted by Gasteiger charge is 2.23. The van der Waals surface area contributed by atoms with Crippen LogP contribution in [0, 0.1) is 0 Å². The van der Waals surface area contributed by atoms with E-state index in [4.69, 9.17) is 4.98 Å². The molecule has 0 amide bonds. The second kappa shape index (κ2) is 5.03. The number of hydrogen-bond donors (Lipinski definition) is 0. The maximum absolute atomic E-state index is 4.89. The molecule has 102 valence electrons. The van der Waals surface area contributed by atoms with Crippen molar-refractivity contribution in [1.29, 1.82) is 0 Å². The van der Waals surface area contributed by atoms with Gasteiger partial charge in [-0.05, 0) is 30.0 Å². The molecule has 0 bridgehead atoms. The highest BCUT2D eigenvalue weighted by atomic mass is 14.7. The summed E-state index contributed by atoms with van der Waals surface area (Å²) < 4.78 is 0. The molecule has 0 saturated heterocycles. The van der Waals surface area contributed by atoms with E-state index in [0.717, 1.165) is 0 Å². The summed E-state index contributed by atoms with van der Waals surface area (Å²) in [5.74, 6) is 0.607. The topological polar surface area (TPSA) is 12.9 Å². The largest absolute Gasteiger partial charge is 0.257 e. The molecule has 18 heavy (non-hydrogen) atoms. The lowest BCUT2D eigenvalue weighted by molar-refractivity contribution is 0.527. The molecule has 1 unspecified atom stereocenters. The number of pyridine rings is 1. The minimum absolute atomic E-state index is 0.115. The molecule has 1 aromatic rings. The molecule has 0 aliphatic carbocycles. The Bertz CT molecular complexity index is 372. The summed E-state index contributed by atoms with van der Waals surface area (Å²) in [6.45, 7) is 18.0. The van der Waals surface area contributed by atoms with Gasteiger partial charge in [-0.15, -0.1) is 0 Å². The van der Waals surface area contributed by atoms with Crippen LogP contribution in [-0.4, -0.2) is 4.98 Å². The fourth-order valence-electron chi connectivity index (χ4n) is 1.84. The zero-order chi connectivity index (χ0) is 14.1. The van der Waals surface area contributed by atoms with Gasteiger partial charge in [-0.2, -0.15) is 0 Å². The lowest BCUT2D eigenvalue weighted by atomic mass is 9.84. The van der Waals surface area contributed by atoms with Crippen LogP contribution >= 0.6 is 0 Å². The molecule has 1 atom stereocenters. The minimum atomic E-state index is 0.115. The molecule has 0 aromatic carbocycles. The van der Waals surface area contributed by atoms with E-state index in [-0.39, 0.29) is 10.8 Å². The number of hydrogen-bond acceptors (Lipinski definition) is 1. The lowest BCUT2D eigenvalue weighted by Crippen LogP contribution is -2.20. The predicted octanol–water partition coefficient (Wildman–Crippen LogP) is 5.19. The van der Waals surface area contributed by atoms with Crippen molar-refractivity contribution in [2.75, 3.05) is 0 Å². The third-order valence-corrected chi connectivity index (χ3v) is 3.57. The first kappa shape index (κ1) is 15.2. The SMILES string of the molecule is CCC(C)c1cc(C(C)(C)C)nc(C(C)(C)C)c1. The first-order valence-corrected chi connectivity index (χ1v) is 7.08. The maximum atomic E-state index is 4.89. The molecule has 0 saturated carbocycles. The van der Waals surface area contributed by atoms with Crippen molar-refractivity contribution in [3.63, 3.8) is 0 Å². The monoisotopic (exact) mass is 247 g/mol. The van der Waals surface area contributed by atoms with Crippen molar-refractivity contribution >= 4 is 0 Å². The Labute approximate surface area is 113 Å². The Morgan fingerprint density at radius 2 is 1.33 bits per heavy atom. The van der Waals surface area contributed by atoms with E-state index in [1.165, 1.54) is 23.4 Å². The van der Waals surface area contributed by atoms with Crippen molar-refractivity contribution in [1.82, 2.24) is 4.98 Å². The quantitative estimate of drug-likeness (QED) is 0.701. The van der Waals surface area contributed by atoms with Gasteiger partial charge >= 0.3 is 0 Å². The number of rotatable bonds is 2. The molecule has 0 N–H and O–H groups in total. The number of aromatic nitrogens is 1. The Kier molecular flexibility index (Phi) is 4.25. The van der Waals surface area contributed by atoms with Crippen molar-refractivity contribution in [3.8, 4) is 0 Å². The molecule has 1 heterocycles. The Morgan fingerprint density at radius 3 is 1.61 bits per heavy atom. The van der Waals surface area contributed by atoms with Gasteiger partial charge < -0.3 is 0 Å². The van der Waals surface area contributed by atoms with Crippen molar-refractivity contribution in [2.45, 2.75) is 78.6 Å². The molecule has 0 radical (unpaired) electrons. The molecule has 0 aliphatic rings. The van der Waals surface area contributed by atoms with E-state index in [2.05, 4.69) is 67.5 Å². The summed E-state index contributed by atoms with van der Waals surface area (Å²) in [4.78, 5) is 4.89. The summed E-state index contributed by atoms with van der Waals surface area (Å²) in [6, 6.07) is 4.59. The Hall–Kier alpha value is -0.850. The fraction of sp³-hybridized carbons (Fsp3) is 0.706. The van der Waals surface area contributed by atoms with Gasteiger partial charge in [-0.25, -0.2) is 0 Å². The van der Waals surface area contributed by atoms with Crippen molar-refractivity contribution in [3.05, 3.63) is 29.1 Å². The average Bonchev–Trinajstić information content (AvgIpc) is 2.25. The van der Waals surface area contributed by atoms with Gasteiger partial charge in [0.25, 0.3) is 0 Å². The number of nitrogens with zero attached hydrogens (tertiary/aromatic N) is 1. The van der Waals surface area contributed by atoms with Crippen LogP contribution in [0.3, 0.4) is 0 Å². The molecular weight excluding hydrogens is 218 g/mol. The lowest BCUT2D eigenvalue weighted by Gasteiger charge is -2.26. The van der Waals surface area contributed by atoms with Crippen LogP contribution in [0.25, 0.3) is 0 Å². The van der Waals surface area contributed by atoms with E-state index in [0.29, 0.717) is 5.92 Å². The van der Waals surface area contributed by atoms with Crippen molar-refractivity contribution < 1.29 is 0 Å². The molecule has 1 aromatic heterocycles. The van der Waals surface area contributed by atoms with Crippen LogP contribution < -0.4 is 0 Å². The van der Waals surface area contributed by atoms with Gasteiger partial charge in [0.05, 0.1) is 0 Å². The summed E-state index contributed by atoms with van der Waals surface area (Å²) in [6.07, 6.45) is 1.18. The summed E-state index contributed by atoms with van der Waals surface area (Å²) in [5, 5.41) is 0. The van der Waals surface area contributed by atoms with Crippen LogP contribution in [0.15, 0.2) is 12.1 Å². The van der Waals surface area contributed by atoms with E-state index in [1.807, 2.05) is 0 Å². The third kappa shape index (κ3) is 3.57.